The Kier molecular flexibility index (Phi) is 11.9. The Labute approximate surface area is 95.0 Å². The van der Waals surface area contributed by atoms with Crippen molar-refractivity contribution in [1.29, 1.82) is 0 Å². The summed E-state index contributed by atoms with van der Waals surface area (Å²) in [5.74, 6) is 0. The summed E-state index contributed by atoms with van der Waals surface area (Å²) in [7, 11) is 0. The second-order valence-electron chi connectivity index (χ2n) is 4.26. The van der Waals surface area contributed by atoms with Gasteiger partial charge in [0.1, 0.15) is 0 Å². The van der Waals surface area contributed by atoms with Gasteiger partial charge in [-0.25, -0.2) is 0 Å². The molecule has 0 aromatic carbocycles. The van der Waals surface area contributed by atoms with Gasteiger partial charge in [0, 0.05) is 0 Å². The molecule has 5 N–H and O–H groups in total. The van der Waals surface area contributed by atoms with Crippen LogP contribution in [0, 0.1) is 0 Å². The van der Waals surface area contributed by atoms with E-state index in [1.807, 2.05) is 0 Å². The molecule has 3 heteroatoms. The molecule has 0 aromatic rings. The molecule has 15 heavy (non-hydrogen) atoms. The molecular formula is C12H29N3. The predicted octanol–water partition coefficient (Wildman–Crippen LogP) is 1.96. The molecule has 0 aliphatic rings. The van der Waals surface area contributed by atoms with Crippen LogP contribution < -0.4 is 16.8 Å². The second-order valence-corrected chi connectivity index (χ2v) is 4.26. The predicted molar refractivity (Wildman–Crippen MR) is 67.6 cm³/mol. The highest BCUT2D eigenvalue weighted by atomic mass is 15.0. The van der Waals surface area contributed by atoms with E-state index in [0.717, 1.165) is 25.9 Å². The van der Waals surface area contributed by atoms with Crippen LogP contribution in [0.5, 0.6) is 0 Å². The van der Waals surface area contributed by atoms with Gasteiger partial charge in [0.05, 0.1) is 6.17 Å². The molecule has 0 heterocycles. The molecule has 92 valence electrons. The lowest BCUT2D eigenvalue weighted by atomic mass is 10.1. The summed E-state index contributed by atoms with van der Waals surface area (Å²) in [6, 6.07) is 0. The van der Waals surface area contributed by atoms with Crippen LogP contribution in [-0.4, -0.2) is 19.3 Å². The van der Waals surface area contributed by atoms with Crippen molar-refractivity contribution >= 4 is 0 Å². The molecule has 0 aromatic heterocycles. The van der Waals surface area contributed by atoms with Gasteiger partial charge in [-0.1, -0.05) is 39.0 Å². The van der Waals surface area contributed by atoms with Crippen molar-refractivity contribution < 1.29 is 0 Å². The van der Waals surface area contributed by atoms with Crippen molar-refractivity contribution in [1.82, 2.24) is 5.32 Å². The number of nitrogens with two attached hydrogens (primary N) is 2. The minimum absolute atomic E-state index is 0.200. The molecule has 0 saturated heterocycles. The summed E-state index contributed by atoms with van der Waals surface area (Å²) in [6.07, 6.45) is 10.0. The first-order valence-corrected chi connectivity index (χ1v) is 6.50. The van der Waals surface area contributed by atoms with Crippen LogP contribution in [0.4, 0.5) is 0 Å². The first kappa shape index (κ1) is 14.9. The first-order valence-electron chi connectivity index (χ1n) is 6.50. The highest BCUT2D eigenvalue weighted by molar-refractivity contribution is 4.59. The van der Waals surface area contributed by atoms with Gasteiger partial charge in [-0.3, -0.25) is 0 Å². The van der Waals surface area contributed by atoms with Crippen molar-refractivity contribution in [3.63, 3.8) is 0 Å². The zero-order valence-corrected chi connectivity index (χ0v) is 10.3. The number of nitrogens with one attached hydrogen (secondary N) is 1. The molecule has 0 saturated carbocycles. The van der Waals surface area contributed by atoms with Crippen molar-refractivity contribution in [2.45, 2.75) is 64.5 Å². The maximum Gasteiger partial charge on any atom is 0.0546 e. The SMILES string of the molecule is CCCCCC(N)NCCCCCCN. The quantitative estimate of drug-likeness (QED) is 0.365. The van der Waals surface area contributed by atoms with E-state index in [1.54, 1.807) is 0 Å². The Morgan fingerprint density at radius 1 is 1.00 bits per heavy atom. The van der Waals surface area contributed by atoms with Crippen LogP contribution in [0.1, 0.15) is 58.3 Å². The number of unbranched alkanes of at least 4 members (excludes halogenated alkanes) is 5. The highest BCUT2D eigenvalue weighted by Gasteiger charge is 1.99. The number of rotatable bonds is 11. The van der Waals surface area contributed by atoms with Gasteiger partial charge in [0.2, 0.25) is 0 Å². The van der Waals surface area contributed by atoms with Crippen LogP contribution in [0.25, 0.3) is 0 Å². The third kappa shape index (κ3) is 11.8. The Morgan fingerprint density at radius 3 is 2.40 bits per heavy atom. The molecule has 0 fully saturated rings. The van der Waals surface area contributed by atoms with Crippen LogP contribution in [0.3, 0.4) is 0 Å². The smallest absolute Gasteiger partial charge is 0.0546 e. The van der Waals surface area contributed by atoms with Crippen LogP contribution >= 0.6 is 0 Å². The van der Waals surface area contributed by atoms with Gasteiger partial charge >= 0.3 is 0 Å². The number of hydrogen-bond acceptors (Lipinski definition) is 3. The largest absolute Gasteiger partial charge is 0.330 e. The highest BCUT2D eigenvalue weighted by Crippen LogP contribution is 2.01. The molecule has 0 radical (unpaired) electrons. The van der Waals surface area contributed by atoms with E-state index in [4.69, 9.17) is 11.5 Å². The normalized spacial score (nSPS) is 13.0. The molecule has 0 aliphatic heterocycles. The molecular weight excluding hydrogens is 186 g/mol. The summed E-state index contributed by atoms with van der Waals surface area (Å²) >= 11 is 0. The van der Waals surface area contributed by atoms with Crippen LogP contribution in [0.15, 0.2) is 0 Å². The molecule has 1 unspecified atom stereocenters. The van der Waals surface area contributed by atoms with Gasteiger partial charge in [-0.2, -0.15) is 0 Å². The van der Waals surface area contributed by atoms with Crippen molar-refractivity contribution in [3.8, 4) is 0 Å². The topological polar surface area (TPSA) is 64.1 Å². The monoisotopic (exact) mass is 215 g/mol. The standard InChI is InChI=1S/C12H29N3/c1-2-3-6-9-12(14)15-11-8-5-4-7-10-13/h12,15H,2-11,13-14H2,1H3. The molecule has 0 bridgehead atoms. The Hall–Kier alpha value is -0.120. The third-order valence-corrected chi connectivity index (χ3v) is 2.66. The summed E-state index contributed by atoms with van der Waals surface area (Å²) in [5.41, 5.74) is 11.3. The lowest BCUT2D eigenvalue weighted by molar-refractivity contribution is 0.459. The Morgan fingerprint density at radius 2 is 1.73 bits per heavy atom. The van der Waals surface area contributed by atoms with E-state index < -0.39 is 0 Å². The average Bonchev–Trinajstić information content (AvgIpc) is 2.23. The van der Waals surface area contributed by atoms with E-state index in [2.05, 4.69) is 12.2 Å². The van der Waals surface area contributed by atoms with E-state index in [0.29, 0.717) is 0 Å². The minimum Gasteiger partial charge on any atom is -0.330 e. The fourth-order valence-corrected chi connectivity index (χ4v) is 1.63. The molecule has 0 rings (SSSR count). The van der Waals surface area contributed by atoms with Crippen molar-refractivity contribution in [2.24, 2.45) is 11.5 Å². The maximum atomic E-state index is 5.92. The summed E-state index contributed by atoms with van der Waals surface area (Å²) in [5, 5.41) is 3.36. The van der Waals surface area contributed by atoms with Gasteiger partial charge in [-0.05, 0) is 32.4 Å². The second kappa shape index (κ2) is 12.0. The lowest BCUT2D eigenvalue weighted by Gasteiger charge is -2.13. The number of hydrogen-bond donors (Lipinski definition) is 3. The first-order chi connectivity index (χ1) is 7.31. The van der Waals surface area contributed by atoms with Crippen molar-refractivity contribution in [2.75, 3.05) is 13.1 Å². The Balaban J connectivity index is 3.06. The van der Waals surface area contributed by atoms with E-state index in [-0.39, 0.29) is 6.17 Å². The van der Waals surface area contributed by atoms with E-state index in [9.17, 15) is 0 Å². The zero-order valence-electron chi connectivity index (χ0n) is 10.3. The van der Waals surface area contributed by atoms with E-state index in [1.165, 1.54) is 38.5 Å². The van der Waals surface area contributed by atoms with E-state index >= 15 is 0 Å². The maximum absolute atomic E-state index is 5.92. The molecule has 1 atom stereocenters. The van der Waals surface area contributed by atoms with Gasteiger partial charge < -0.3 is 16.8 Å². The van der Waals surface area contributed by atoms with Crippen molar-refractivity contribution in [3.05, 3.63) is 0 Å². The van der Waals surface area contributed by atoms with Gasteiger partial charge in [0.15, 0.2) is 0 Å². The Bertz CT molecular complexity index is 117. The summed E-state index contributed by atoms with van der Waals surface area (Å²) in [4.78, 5) is 0. The summed E-state index contributed by atoms with van der Waals surface area (Å²) in [6.45, 7) is 4.10. The summed E-state index contributed by atoms with van der Waals surface area (Å²) < 4.78 is 0. The molecule has 3 nitrogen and oxygen atoms in total. The fourth-order valence-electron chi connectivity index (χ4n) is 1.63. The average molecular weight is 215 g/mol. The molecule has 0 aliphatic carbocycles. The fraction of sp³-hybridized carbons (Fsp3) is 1.00. The lowest BCUT2D eigenvalue weighted by Crippen LogP contribution is -2.37. The molecule has 0 spiro atoms. The third-order valence-electron chi connectivity index (χ3n) is 2.66. The van der Waals surface area contributed by atoms with Crippen LogP contribution in [0.2, 0.25) is 0 Å². The van der Waals surface area contributed by atoms with Gasteiger partial charge in [0.25, 0.3) is 0 Å². The zero-order chi connectivity index (χ0) is 11.4. The molecule has 0 amide bonds. The minimum atomic E-state index is 0.200. The van der Waals surface area contributed by atoms with Crippen LogP contribution in [-0.2, 0) is 0 Å². The van der Waals surface area contributed by atoms with Gasteiger partial charge in [-0.15, -0.1) is 0 Å².